The molecule has 18 heteroatoms. The molecule has 3 N–H and O–H groups in total. The first kappa shape index (κ1) is 28.3. The SMILES string of the molecule is Cc1nc(NC(=O)Oc2cnn3c(C(F)F)cc(-c4ccc(C(F)(F)F)cc4)nc23)sc1S(=O)(=O)NCCO. The Morgan fingerprint density at radius 2 is 1.90 bits per heavy atom. The number of carbonyl (C=O) groups is 1. The Balaban J connectivity index is 1.62. The molecule has 1 amide bonds. The predicted molar refractivity (Wildman–Crippen MR) is 127 cm³/mol. The van der Waals surface area contributed by atoms with Crippen molar-refractivity contribution in [3.63, 3.8) is 0 Å². The number of aryl methyl sites for hydroxylation is 1. The molecular formula is C21H17F5N6O5S2. The van der Waals surface area contributed by atoms with Gasteiger partial charge in [0, 0.05) is 12.1 Å². The quantitative estimate of drug-likeness (QED) is 0.260. The number of amides is 1. The smallest absolute Gasteiger partial charge is 0.404 e. The monoisotopic (exact) mass is 592 g/mol. The van der Waals surface area contributed by atoms with Crippen molar-refractivity contribution < 1.29 is 45.0 Å². The molecular weight excluding hydrogens is 575 g/mol. The van der Waals surface area contributed by atoms with Gasteiger partial charge in [-0.3, -0.25) is 5.32 Å². The normalized spacial score (nSPS) is 12.3. The second kappa shape index (κ2) is 10.8. The van der Waals surface area contributed by atoms with E-state index in [0.717, 1.165) is 36.5 Å². The highest BCUT2D eigenvalue weighted by molar-refractivity contribution is 7.91. The Labute approximate surface area is 220 Å². The molecule has 0 aliphatic carbocycles. The molecule has 0 saturated heterocycles. The highest BCUT2D eigenvalue weighted by Gasteiger charge is 2.30. The molecule has 4 rings (SSSR count). The minimum Gasteiger partial charge on any atom is -0.404 e. The van der Waals surface area contributed by atoms with Crippen molar-refractivity contribution >= 4 is 38.2 Å². The number of carbonyl (C=O) groups excluding carboxylic acids is 1. The maximum atomic E-state index is 13.8. The molecule has 208 valence electrons. The van der Waals surface area contributed by atoms with Gasteiger partial charge in [-0.1, -0.05) is 23.5 Å². The van der Waals surface area contributed by atoms with Crippen LogP contribution in [0, 0.1) is 6.92 Å². The van der Waals surface area contributed by atoms with Crippen molar-refractivity contribution in [1.82, 2.24) is 24.3 Å². The lowest BCUT2D eigenvalue weighted by atomic mass is 10.1. The average Bonchev–Trinajstić information content (AvgIpc) is 3.44. The van der Waals surface area contributed by atoms with Crippen LogP contribution in [0.25, 0.3) is 16.9 Å². The zero-order valence-corrected chi connectivity index (χ0v) is 21.2. The summed E-state index contributed by atoms with van der Waals surface area (Å²) < 4.78 is 98.5. The molecule has 0 aliphatic rings. The maximum Gasteiger partial charge on any atom is 0.419 e. The molecule has 11 nitrogen and oxygen atoms in total. The van der Waals surface area contributed by atoms with Crippen LogP contribution in [-0.2, 0) is 16.2 Å². The highest BCUT2D eigenvalue weighted by atomic mass is 32.2. The topological polar surface area (TPSA) is 148 Å². The molecule has 0 atom stereocenters. The first-order valence-electron chi connectivity index (χ1n) is 10.7. The molecule has 0 aliphatic heterocycles. The summed E-state index contributed by atoms with van der Waals surface area (Å²) in [5.74, 6) is -0.367. The van der Waals surface area contributed by atoms with Crippen molar-refractivity contribution in [2.45, 2.75) is 23.7 Å². The lowest BCUT2D eigenvalue weighted by molar-refractivity contribution is -0.137. The molecule has 39 heavy (non-hydrogen) atoms. The molecule has 1 aromatic carbocycles. The number of ether oxygens (including phenoxy) is 1. The molecule has 3 aromatic heterocycles. The van der Waals surface area contributed by atoms with Crippen LogP contribution in [0.3, 0.4) is 0 Å². The first-order chi connectivity index (χ1) is 18.3. The molecule has 3 heterocycles. The van der Waals surface area contributed by atoms with E-state index in [2.05, 4.69) is 25.1 Å². The van der Waals surface area contributed by atoms with Gasteiger partial charge in [-0.2, -0.15) is 18.3 Å². The van der Waals surface area contributed by atoms with Gasteiger partial charge in [-0.15, -0.1) is 0 Å². The number of fused-ring (bicyclic) bond motifs is 1. The number of hydrogen-bond acceptors (Lipinski definition) is 9. The van der Waals surface area contributed by atoms with Crippen LogP contribution in [0.1, 0.15) is 23.4 Å². The van der Waals surface area contributed by atoms with E-state index in [1.54, 1.807) is 0 Å². The second-order valence-corrected chi connectivity index (χ2v) is 10.7. The van der Waals surface area contributed by atoms with Crippen molar-refractivity contribution in [1.29, 1.82) is 0 Å². The predicted octanol–water partition coefficient (Wildman–Crippen LogP) is 4.00. The summed E-state index contributed by atoms with van der Waals surface area (Å²) in [6.07, 6.45) is -7.90. The summed E-state index contributed by atoms with van der Waals surface area (Å²) in [5.41, 5.74) is -1.91. The number of rotatable bonds is 8. The van der Waals surface area contributed by atoms with Crippen molar-refractivity contribution in [3.8, 4) is 17.0 Å². The van der Waals surface area contributed by atoms with Gasteiger partial charge in [0.25, 0.3) is 16.4 Å². The number of nitrogens with zero attached hydrogens (tertiary/aromatic N) is 4. The van der Waals surface area contributed by atoms with Gasteiger partial charge >= 0.3 is 12.3 Å². The Morgan fingerprint density at radius 3 is 2.51 bits per heavy atom. The summed E-state index contributed by atoms with van der Waals surface area (Å²) in [6, 6.07) is 4.61. The summed E-state index contributed by atoms with van der Waals surface area (Å²) in [6.45, 7) is 0.710. The Kier molecular flexibility index (Phi) is 7.82. The third-order valence-electron chi connectivity index (χ3n) is 5.01. The minimum absolute atomic E-state index is 0.0566. The largest absolute Gasteiger partial charge is 0.419 e. The van der Waals surface area contributed by atoms with E-state index >= 15 is 0 Å². The fourth-order valence-corrected chi connectivity index (χ4v) is 5.78. The molecule has 0 spiro atoms. The van der Waals surface area contributed by atoms with E-state index in [4.69, 9.17) is 9.84 Å². The van der Waals surface area contributed by atoms with E-state index in [0.29, 0.717) is 15.9 Å². The standard InChI is InChI=1S/C21H17F5N6O5S2/c1-10-18(39(35,36)28-6-7-33)38-19(29-10)31-20(34)37-15-9-27-32-14(16(22)23)8-13(30-17(15)32)11-2-4-12(5-3-11)21(24,25)26/h2-5,8-9,16,28,33H,6-7H2,1H3,(H,29,31,34). The van der Waals surface area contributed by atoms with Crippen molar-refractivity contribution in [2.24, 2.45) is 0 Å². The Hall–Kier alpha value is -3.74. The lowest BCUT2D eigenvalue weighted by Gasteiger charge is -2.10. The van der Waals surface area contributed by atoms with Crippen molar-refractivity contribution in [3.05, 3.63) is 53.5 Å². The van der Waals surface area contributed by atoms with Crippen LogP contribution in [0.4, 0.5) is 31.9 Å². The van der Waals surface area contributed by atoms with Crippen LogP contribution in [0.15, 0.2) is 40.7 Å². The molecule has 0 unspecified atom stereocenters. The van der Waals surface area contributed by atoms with Gasteiger partial charge in [-0.25, -0.2) is 41.2 Å². The van der Waals surface area contributed by atoms with E-state index < -0.39 is 46.6 Å². The summed E-state index contributed by atoms with van der Waals surface area (Å²) >= 11 is 0.599. The number of anilines is 1. The highest BCUT2D eigenvalue weighted by Crippen LogP contribution is 2.33. The number of nitrogens with one attached hydrogen (secondary N) is 2. The Morgan fingerprint density at radius 1 is 1.21 bits per heavy atom. The van der Waals surface area contributed by atoms with E-state index in [9.17, 15) is 35.2 Å². The van der Waals surface area contributed by atoms with E-state index in [-0.39, 0.29) is 44.2 Å². The number of aromatic nitrogens is 4. The van der Waals surface area contributed by atoms with Crippen molar-refractivity contribution in [2.75, 3.05) is 18.5 Å². The third kappa shape index (κ3) is 6.13. The van der Waals surface area contributed by atoms with Gasteiger partial charge in [0.05, 0.1) is 29.8 Å². The fourth-order valence-electron chi connectivity index (χ4n) is 3.31. The minimum atomic E-state index is -4.60. The van der Waals surface area contributed by atoms with Gasteiger partial charge in [0.2, 0.25) is 0 Å². The number of sulfonamides is 1. The number of aliphatic hydroxyl groups is 1. The zero-order chi connectivity index (χ0) is 28.5. The van der Waals surface area contributed by atoms with Gasteiger partial charge in [-0.05, 0) is 25.1 Å². The molecule has 0 radical (unpaired) electrons. The third-order valence-corrected chi connectivity index (χ3v) is 8.16. The average molecular weight is 593 g/mol. The zero-order valence-electron chi connectivity index (χ0n) is 19.5. The number of hydrogen-bond donors (Lipinski definition) is 3. The number of halogens is 5. The van der Waals surface area contributed by atoms with Gasteiger partial charge in [0.15, 0.2) is 20.7 Å². The maximum absolute atomic E-state index is 13.8. The number of alkyl halides is 5. The lowest BCUT2D eigenvalue weighted by Crippen LogP contribution is -2.26. The van der Waals surface area contributed by atoms with Crippen LogP contribution >= 0.6 is 11.3 Å². The van der Waals surface area contributed by atoms with Crippen LogP contribution in [0.5, 0.6) is 5.75 Å². The van der Waals surface area contributed by atoms with Crippen LogP contribution in [-0.4, -0.2) is 52.4 Å². The van der Waals surface area contributed by atoms with Crippen LogP contribution in [0.2, 0.25) is 0 Å². The second-order valence-electron chi connectivity index (χ2n) is 7.71. The van der Waals surface area contributed by atoms with Gasteiger partial charge < -0.3 is 9.84 Å². The Bertz CT molecular complexity index is 1620. The van der Waals surface area contributed by atoms with Gasteiger partial charge in [0.1, 0.15) is 5.69 Å². The summed E-state index contributed by atoms with van der Waals surface area (Å²) in [4.78, 5) is 20.6. The summed E-state index contributed by atoms with van der Waals surface area (Å²) in [5, 5.41) is 14.7. The number of thiazole rings is 1. The number of benzene rings is 1. The van der Waals surface area contributed by atoms with Crippen LogP contribution < -0.4 is 14.8 Å². The molecule has 0 bridgehead atoms. The molecule has 0 fully saturated rings. The summed E-state index contributed by atoms with van der Waals surface area (Å²) in [7, 11) is -4.00. The molecule has 0 saturated carbocycles. The fraction of sp³-hybridized carbons (Fsp3) is 0.238. The van der Waals surface area contributed by atoms with E-state index in [1.807, 2.05) is 0 Å². The molecule has 4 aromatic rings. The number of aliphatic hydroxyl groups excluding tert-OH is 1. The van der Waals surface area contributed by atoms with E-state index in [1.165, 1.54) is 6.92 Å². The first-order valence-corrected chi connectivity index (χ1v) is 13.0.